The Hall–Kier alpha value is -1.62. The molecule has 1 aliphatic rings. The highest BCUT2D eigenvalue weighted by molar-refractivity contribution is 9.11. The highest BCUT2D eigenvalue weighted by Crippen LogP contribution is 2.36. The van der Waals surface area contributed by atoms with Crippen LogP contribution in [0.2, 0.25) is 0 Å². The summed E-state index contributed by atoms with van der Waals surface area (Å²) in [6, 6.07) is 3.82. The Morgan fingerprint density at radius 3 is 2.45 bits per heavy atom. The van der Waals surface area contributed by atoms with Crippen LogP contribution in [0.15, 0.2) is 52.4 Å². The normalized spacial score (nSPS) is 15.8. The molecule has 20 heavy (non-hydrogen) atoms. The molecule has 1 aliphatic heterocycles. The van der Waals surface area contributed by atoms with Crippen molar-refractivity contribution in [2.45, 2.75) is 6.92 Å². The van der Waals surface area contributed by atoms with Gasteiger partial charge < -0.3 is 9.64 Å². The van der Waals surface area contributed by atoms with Gasteiger partial charge in [0.05, 0.1) is 18.1 Å². The number of anilines is 1. The minimum absolute atomic E-state index is 0.0727. The topological polar surface area (TPSA) is 12.5 Å². The summed E-state index contributed by atoms with van der Waals surface area (Å²) < 4.78 is 33.9. The monoisotopic (exact) mass is 341 g/mol. The van der Waals surface area contributed by atoms with E-state index in [1.165, 1.54) is 18.2 Å². The van der Waals surface area contributed by atoms with Crippen molar-refractivity contribution in [1.29, 1.82) is 0 Å². The lowest BCUT2D eigenvalue weighted by Gasteiger charge is -2.32. The number of ether oxygens (including phenoxy) is 1. The van der Waals surface area contributed by atoms with Crippen molar-refractivity contribution in [2.24, 2.45) is 0 Å². The Morgan fingerprint density at radius 2 is 1.95 bits per heavy atom. The van der Waals surface area contributed by atoms with E-state index in [2.05, 4.69) is 22.5 Å². The molecule has 1 aromatic rings. The number of hydrogen-bond acceptors (Lipinski definition) is 2. The fraction of sp³-hybridized carbons (Fsp3) is 0.200. The lowest BCUT2D eigenvalue weighted by atomic mass is 10.1. The molecule has 0 bridgehead atoms. The van der Waals surface area contributed by atoms with E-state index in [-0.39, 0.29) is 5.69 Å². The van der Waals surface area contributed by atoms with Gasteiger partial charge in [0.15, 0.2) is 0 Å². The molecular weight excluding hydrogens is 328 g/mol. The Morgan fingerprint density at radius 1 is 1.35 bits per heavy atom. The molecule has 0 aromatic heterocycles. The van der Waals surface area contributed by atoms with Gasteiger partial charge in [-0.3, -0.25) is 0 Å². The third kappa shape index (κ3) is 2.38. The predicted octanol–water partition coefficient (Wildman–Crippen LogP) is 4.50. The molecule has 0 atom stereocenters. The second-order valence-corrected chi connectivity index (χ2v) is 5.26. The molecule has 2 rings (SSSR count). The summed E-state index contributed by atoms with van der Waals surface area (Å²) in [4.78, 5) is 1.56. The largest absolute Gasteiger partial charge is 0.495 e. The standard InChI is InChI=1S/C15H14BrF2NO/c1-4-10-9(2)19(8-11(16)15(10)20-3)14-12(17)6-5-7-13(14)18/h4-7H,1,8H2,2-3H3. The molecule has 0 N–H and O–H groups in total. The third-order valence-corrected chi connectivity index (χ3v) is 3.81. The van der Waals surface area contributed by atoms with Gasteiger partial charge in [-0.1, -0.05) is 18.7 Å². The summed E-state index contributed by atoms with van der Waals surface area (Å²) in [7, 11) is 1.55. The molecule has 0 saturated heterocycles. The number of nitrogens with zero attached hydrogens (tertiary/aromatic N) is 1. The Bertz CT molecular complexity index is 602. The first-order valence-corrected chi connectivity index (χ1v) is 6.78. The van der Waals surface area contributed by atoms with Gasteiger partial charge in [0.2, 0.25) is 0 Å². The minimum Gasteiger partial charge on any atom is -0.495 e. The fourth-order valence-corrected chi connectivity index (χ4v) is 2.87. The number of benzene rings is 1. The molecule has 0 aliphatic carbocycles. The summed E-state index contributed by atoms with van der Waals surface area (Å²) in [5.74, 6) is -0.576. The van der Waals surface area contributed by atoms with Crippen LogP contribution in [-0.2, 0) is 4.74 Å². The molecule has 0 saturated carbocycles. The second kappa shape index (κ2) is 5.79. The first-order chi connectivity index (χ1) is 9.51. The van der Waals surface area contributed by atoms with Crippen LogP contribution in [0.1, 0.15) is 6.92 Å². The number of rotatable bonds is 3. The zero-order chi connectivity index (χ0) is 14.9. The lowest BCUT2D eigenvalue weighted by Crippen LogP contribution is -2.30. The Kier molecular flexibility index (Phi) is 4.28. The van der Waals surface area contributed by atoms with E-state index in [0.717, 1.165) is 0 Å². The molecule has 5 heteroatoms. The number of methoxy groups -OCH3 is 1. The van der Waals surface area contributed by atoms with Crippen LogP contribution >= 0.6 is 15.9 Å². The molecular formula is C15H14BrF2NO. The van der Waals surface area contributed by atoms with Crippen LogP contribution in [0.3, 0.4) is 0 Å². The smallest absolute Gasteiger partial charge is 0.149 e. The van der Waals surface area contributed by atoms with E-state index < -0.39 is 11.6 Å². The maximum absolute atomic E-state index is 14.0. The molecule has 0 spiro atoms. The first kappa shape index (κ1) is 14.8. The van der Waals surface area contributed by atoms with Crippen molar-refractivity contribution in [3.05, 3.63) is 64.0 Å². The van der Waals surface area contributed by atoms with Crippen LogP contribution in [0.5, 0.6) is 0 Å². The molecule has 1 heterocycles. The van der Waals surface area contributed by atoms with Gasteiger partial charge in [0.1, 0.15) is 23.1 Å². The van der Waals surface area contributed by atoms with E-state index in [9.17, 15) is 8.78 Å². The van der Waals surface area contributed by atoms with Crippen molar-refractivity contribution in [2.75, 3.05) is 18.6 Å². The highest BCUT2D eigenvalue weighted by Gasteiger charge is 2.27. The van der Waals surface area contributed by atoms with Crippen molar-refractivity contribution < 1.29 is 13.5 Å². The van der Waals surface area contributed by atoms with Crippen molar-refractivity contribution >= 4 is 21.6 Å². The van der Waals surface area contributed by atoms with Crippen molar-refractivity contribution in [3.8, 4) is 0 Å². The first-order valence-electron chi connectivity index (χ1n) is 5.99. The maximum Gasteiger partial charge on any atom is 0.149 e. The highest BCUT2D eigenvalue weighted by atomic mass is 79.9. The molecule has 0 radical (unpaired) electrons. The average Bonchev–Trinajstić information content (AvgIpc) is 2.41. The summed E-state index contributed by atoms with van der Waals surface area (Å²) in [6.45, 7) is 5.81. The van der Waals surface area contributed by atoms with Gasteiger partial charge >= 0.3 is 0 Å². The zero-order valence-electron chi connectivity index (χ0n) is 11.2. The van der Waals surface area contributed by atoms with Gasteiger partial charge in [0, 0.05) is 11.3 Å². The SMILES string of the molecule is C=CC1=C(C)N(c2c(F)cccc2F)CC(Br)=C1OC. The molecule has 0 fully saturated rings. The number of para-hydroxylation sites is 1. The minimum atomic E-state index is -0.603. The van der Waals surface area contributed by atoms with Crippen LogP contribution in [0.4, 0.5) is 14.5 Å². The molecule has 0 amide bonds. The second-order valence-electron chi connectivity index (χ2n) is 4.30. The number of hydrogen-bond donors (Lipinski definition) is 0. The van der Waals surface area contributed by atoms with E-state index in [1.807, 2.05) is 0 Å². The van der Waals surface area contributed by atoms with Crippen molar-refractivity contribution in [1.82, 2.24) is 0 Å². The fourth-order valence-electron chi connectivity index (χ4n) is 2.24. The van der Waals surface area contributed by atoms with Gasteiger partial charge in [-0.2, -0.15) is 0 Å². The summed E-state index contributed by atoms with van der Waals surface area (Å²) in [6.07, 6.45) is 1.61. The third-order valence-electron chi connectivity index (χ3n) is 3.20. The Labute approximate surface area is 125 Å². The van der Waals surface area contributed by atoms with E-state index in [1.54, 1.807) is 25.0 Å². The quantitative estimate of drug-likeness (QED) is 0.802. The van der Waals surface area contributed by atoms with Gasteiger partial charge in [0.25, 0.3) is 0 Å². The zero-order valence-corrected chi connectivity index (χ0v) is 12.8. The Balaban J connectivity index is 2.59. The average molecular weight is 342 g/mol. The molecule has 1 aromatic carbocycles. The van der Waals surface area contributed by atoms with Crippen LogP contribution in [-0.4, -0.2) is 13.7 Å². The summed E-state index contributed by atoms with van der Waals surface area (Å²) in [5, 5.41) is 0. The lowest BCUT2D eigenvalue weighted by molar-refractivity contribution is 0.298. The van der Waals surface area contributed by atoms with Crippen molar-refractivity contribution in [3.63, 3.8) is 0 Å². The maximum atomic E-state index is 14.0. The molecule has 0 unspecified atom stereocenters. The van der Waals surface area contributed by atoms with Crippen LogP contribution < -0.4 is 4.90 Å². The van der Waals surface area contributed by atoms with Gasteiger partial charge in [-0.25, -0.2) is 8.78 Å². The van der Waals surface area contributed by atoms with E-state index in [0.29, 0.717) is 28.1 Å². The number of halogens is 3. The van der Waals surface area contributed by atoms with Gasteiger partial charge in [-0.15, -0.1) is 0 Å². The summed E-state index contributed by atoms with van der Waals surface area (Å²) >= 11 is 3.40. The predicted molar refractivity (Wildman–Crippen MR) is 79.6 cm³/mol. The van der Waals surface area contributed by atoms with Gasteiger partial charge in [-0.05, 0) is 35.0 Å². The van der Waals surface area contributed by atoms with E-state index >= 15 is 0 Å². The summed E-state index contributed by atoms with van der Waals surface area (Å²) in [5.41, 5.74) is 1.31. The molecule has 2 nitrogen and oxygen atoms in total. The van der Waals surface area contributed by atoms with Crippen LogP contribution in [0.25, 0.3) is 0 Å². The van der Waals surface area contributed by atoms with E-state index in [4.69, 9.17) is 4.74 Å². The van der Waals surface area contributed by atoms with Crippen LogP contribution in [0, 0.1) is 11.6 Å². The number of allylic oxidation sites excluding steroid dienone is 2. The molecule has 106 valence electrons.